The summed E-state index contributed by atoms with van der Waals surface area (Å²) in [4.78, 5) is 55.3. The number of rotatable bonds is 3. The molecule has 2 unspecified atom stereocenters. The van der Waals surface area contributed by atoms with E-state index in [2.05, 4.69) is 6.07 Å². The Morgan fingerprint density at radius 2 is 1.60 bits per heavy atom. The van der Waals surface area contributed by atoms with E-state index in [1.165, 1.54) is 13.0 Å². The Labute approximate surface area is 235 Å². The van der Waals surface area contributed by atoms with Gasteiger partial charge in [-0.15, -0.1) is 0 Å². The van der Waals surface area contributed by atoms with Crippen molar-refractivity contribution < 1.29 is 29.4 Å². The highest BCUT2D eigenvalue weighted by atomic mass is 16.3. The summed E-state index contributed by atoms with van der Waals surface area (Å²) >= 11 is 0. The summed E-state index contributed by atoms with van der Waals surface area (Å²) in [6.45, 7) is 14.6. The van der Waals surface area contributed by atoms with Crippen molar-refractivity contribution in [1.82, 2.24) is 0 Å². The van der Waals surface area contributed by atoms with Crippen LogP contribution in [-0.4, -0.2) is 38.9 Å². The quantitative estimate of drug-likeness (QED) is 0.391. The lowest BCUT2D eigenvalue weighted by Crippen LogP contribution is -2.73. The topological polar surface area (TPSA) is 109 Å². The molecular weight excluding hydrogens is 504 g/mol. The number of carbonyl (C=O) groups is 4. The number of phenolic OH excluding ortho intramolecular Hbond substituents is 1. The van der Waals surface area contributed by atoms with E-state index in [1.54, 1.807) is 13.8 Å². The summed E-state index contributed by atoms with van der Waals surface area (Å²) in [5.41, 5.74) is 1.20. The van der Waals surface area contributed by atoms with Crippen molar-refractivity contribution in [2.75, 3.05) is 0 Å². The van der Waals surface area contributed by atoms with E-state index in [-0.39, 0.29) is 23.7 Å². The summed E-state index contributed by atoms with van der Waals surface area (Å²) in [6.07, 6.45) is 0.503. The third-order valence-electron chi connectivity index (χ3n) is 9.98. The van der Waals surface area contributed by atoms with Gasteiger partial charge in [-0.2, -0.15) is 0 Å². The molecule has 0 radical (unpaired) electrons. The largest absolute Gasteiger partial charge is 0.507 e. The van der Waals surface area contributed by atoms with Crippen LogP contribution < -0.4 is 0 Å². The number of benzene rings is 2. The molecule has 2 N–H and O–H groups in total. The van der Waals surface area contributed by atoms with Crippen LogP contribution in [0.25, 0.3) is 11.1 Å². The molecule has 0 saturated heterocycles. The van der Waals surface area contributed by atoms with Gasteiger partial charge in [0.2, 0.25) is 0 Å². The molecule has 2 aromatic carbocycles. The van der Waals surface area contributed by atoms with Crippen molar-refractivity contribution in [2.45, 2.75) is 73.8 Å². The van der Waals surface area contributed by atoms with Crippen LogP contribution in [0.3, 0.4) is 0 Å². The van der Waals surface area contributed by atoms with Crippen molar-refractivity contribution >= 4 is 23.1 Å². The predicted octanol–water partition coefficient (Wildman–Crippen LogP) is 5.51. The molecule has 0 aromatic heterocycles. The lowest BCUT2D eigenvalue weighted by molar-refractivity contribution is -0.183. The van der Waals surface area contributed by atoms with Crippen LogP contribution in [0.1, 0.15) is 75.0 Å². The molecule has 210 valence electrons. The van der Waals surface area contributed by atoms with Crippen molar-refractivity contribution in [3.63, 3.8) is 0 Å². The van der Waals surface area contributed by atoms with E-state index >= 15 is 0 Å². The molecule has 6 heteroatoms. The van der Waals surface area contributed by atoms with Crippen LogP contribution in [-0.2, 0) is 20.8 Å². The first-order valence-electron chi connectivity index (χ1n) is 14.0. The number of phenols is 1. The molecule has 0 spiro atoms. The summed E-state index contributed by atoms with van der Waals surface area (Å²) < 4.78 is 0. The molecule has 1 saturated carbocycles. The van der Waals surface area contributed by atoms with Gasteiger partial charge in [0.1, 0.15) is 17.5 Å². The Hall–Kier alpha value is -3.38. The van der Waals surface area contributed by atoms with Gasteiger partial charge in [-0.3, -0.25) is 19.2 Å². The Morgan fingerprint density at radius 3 is 2.17 bits per heavy atom. The van der Waals surface area contributed by atoms with Crippen molar-refractivity contribution in [3.05, 3.63) is 63.7 Å². The zero-order chi connectivity index (χ0) is 29.7. The molecule has 0 bridgehead atoms. The average Bonchev–Trinajstić information content (AvgIpc) is 2.81. The van der Waals surface area contributed by atoms with E-state index in [0.29, 0.717) is 17.6 Å². The normalized spacial score (nSPS) is 31.7. The second-order valence-corrected chi connectivity index (χ2v) is 13.2. The Balaban J connectivity index is 1.78. The first-order valence-corrected chi connectivity index (χ1v) is 14.0. The van der Waals surface area contributed by atoms with Gasteiger partial charge >= 0.3 is 0 Å². The zero-order valence-electron chi connectivity index (χ0n) is 24.6. The number of fused-ring (bicyclic) bond motifs is 3. The lowest BCUT2D eigenvalue weighted by atomic mass is 9.41. The molecule has 40 heavy (non-hydrogen) atoms. The van der Waals surface area contributed by atoms with E-state index in [9.17, 15) is 29.4 Å². The van der Waals surface area contributed by atoms with Gasteiger partial charge in [0, 0.05) is 5.41 Å². The lowest BCUT2D eigenvalue weighted by Gasteiger charge is -2.60. The number of aliphatic hydroxyl groups is 1. The fraction of sp³-hybridized carbons (Fsp3) is 0.471. The fourth-order valence-corrected chi connectivity index (χ4v) is 8.71. The van der Waals surface area contributed by atoms with Gasteiger partial charge in [0.15, 0.2) is 23.0 Å². The Bertz CT molecular complexity index is 1560. The molecule has 5 rings (SSSR count). The summed E-state index contributed by atoms with van der Waals surface area (Å²) in [7, 11) is 0. The number of allylic oxidation sites excluding steroid dienone is 1. The van der Waals surface area contributed by atoms with Crippen LogP contribution in [0.2, 0.25) is 0 Å². The number of hydrogen-bond acceptors (Lipinski definition) is 6. The van der Waals surface area contributed by atoms with E-state index in [1.807, 2.05) is 52.8 Å². The minimum Gasteiger partial charge on any atom is -0.507 e. The van der Waals surface area contributed by atoms with Crippen LogP contribution in [0.15, 0.2) is 41.5 Å². The maximum Gasteiger partial charge on any atom is 0.192 e. The monoisotopic (exact) mass is 542 g/mol. The van der Waals surface area contributed by atoms with Gasteiger partial charge in [0.05, 0.1) is 11.5 Å². The van der Waals surface area contributed by atoms with Crippen LogP contribution in [0, 0.1) is 42.4 Å². The molecule has 1 fully saturated rings. The average molecular weight is 543 g/mol. The third-order valence-corrected chi connectivity index (χ3v) is 9.98. The second kappa shape index (κ2) is 8.81. The first kappa shape index (κ1) is 28.2. The number of carbonyl (C=O) groups excluding carboxylic acids is 4. The third kappa shape index (κ3) is 3.44. The summed E-state index contributed by atoms with van der Waals surface area (Å²) in [5.74, 6) is -5.67. The van der Waals surface area contributed by atoms with E-state index in [0.717, 1.165) is 27.8 Å². The Morgan fingerprint density at radius 1 is 0.975 bits per heavy atom. The fourth-order valence-electron chi connectivity index (χ4n) is 8.71. The number of hydrogen-bond donors (Lipinski definition) is 2. The molecule has 6 nitrogen and oxygen atoms in total. The number of ketones is 4. The van der Waals surface area contributed by atoms with E-state index in [4.69, 9.17) is 0 Å². The predicted molar refractivity (Wildman–Crippen MR) is 152 cm³/mol. The highest BCUT2D eigenvalue weighted by Crippen LogP contribution is 2.64. The highest BCUT2D eigenvalue weighted by Gasteiger charge is 2.73. The van der Waals surface area contributed by atoms with Crippen molar-refractivity contribution in [3.8, 4) is 16.9 Å². The number of aryl methyl sites for hydroxylation is 2. The van der Waals surface area contributed by atoms with Gasteiger partial charge in [-0.25, -0.2) is 0 Å². The van der Waals surface area contributed by atoms with Crippen molar-refractivity contribution in [1.29, 1.82) is 0 Å². The standard InChI is InChI=1S/C34H38O6/c1-16(2)27-19(5)25(20(6)35)30(38)34(40)31(39)28-29(37)26-23(14-32(28,7)15-33(27,34)8)22(11-12-24(26)36)21-10-9-17(3)13-18(21)4/h9-13,16,25,28,36,40H,14-15H2,1-8H3/t25?,28?,32-,33-,34+/m0/s1. The van der Waals surface area contributed by atoms with Crippen LogP contribution >= 0.6 is 0 Å². The molecular formula is C34H38O6. The van der Waals surface area contributed by atoms with Crippen LogP contribution in [0.4, 0.5) is 0 Å². The van der Waals surface area contributed by atoms with Crippen LogP contribution in [0.5, 0.6) is 5.75 Å². The highest BCUT2D eigenvalue weighted by molar-refractivity contribution is 6.27. The second-order valence-electron chi connectivity index (χ2n) is 13.2. The molecule has 0 aliphatic heterocycles. The minimum atomic E-state index is -2.53. The number of aromatic hydroxyl groups is 1. The maximum atomic E-state index is 14.5. The Kier molecular flexibility index (Phi) is 6.20. The smallest absolute Gasteiger partial charge is 0.192 e. The van der Waals surface area contributed by atoms with Gasteiger partial charge in [-0.05, 0) is 80.2 Å². The molecule has 5 atom stereocenters. The molecule has 3 aliphatic rings. The van der Waals surface area contributed by atoms with Crippen molar-refractivity contribution in [2.24, 2.45) is 28.6 Å². The first-order chi connectivity index (χ1) is 18.5. The summed E-state index contributed by atoms with van der Waals surface area (Å²) in [5, 5.41) is 23.1. The molecule has 0 amide bonds. The number of Topliss-reactive ketones (excluding diaryl/α,β-unsaturated/α-hetero) is 4. The maximum absolute atomic E-state index is 14.5. The van der Waals surface area contributed by atoms with Gasteiger partial charge < -0.3 is 10.2 Å². The van der Waals surface area contributed by atoms with Gasteiger partial charge in [-0.1, -0.05) is 68.7 Å². The molecule has 3 aliphatic carbocycles. The minimum absolute atomic E-state index is 0.0719. The molecule has 2 aromatic rings. The molecule has 0 heterocycles. The van der Waals surface area contributed by atoms with Gasteiger partial charge in [0.25, 0.3) is 0 Å². The zero-order valence-corrected chi connectivity index (χ0v) is 24.6. The summed E-state index contributed by atoms with van der Waals surface area (Å²) in [6, 6.07) is 9.37. The van der Waals surface area contributed by atoms with E-state index < -0.39 is 51.4 Å². The SMILES string of the molecule is CC(=O)C1C(=O)[C@@]2(O)C(=O)C3C(=O)c4c(O)ccc(-c5ccc(C)cc5C)c4C[C@@]3(C)C[C@@]2(C)C(C(C)C)=C1C.